The third-order valence-corrected chi connectivity index (χ3v) is 5.46. The topological polar surface area (TPSA) is 151 Å². The highest BCUT2D eigenvalue weighted by molar-refractivity contribution is 7.99. The summed E-state index contributed by atoms with van der Waals surface area (Å²) < 4.78 is 10.9. The summed E-state index contributed by atoms with van der Waals surface area (Å²) in [7, 11) is 1.28. The van der Waals surface area contributed by atoms with Gasteiger partial charge in [-0.15, -0.1) is 10.2 Å². The molecule has 0 spiro atoms. The van der Waals surface area contributed by atoms with Gasteiger partial charge in [0.05, 0.1) is 25.2 Å². The molecule has 13 heteroatoms. The van der Waals surface area contributed by atoms with Gasteiger partial charge in [0.2, 0.25) is 11.9 Å². The molecule has 2 heterocycles. The number of esters is 2. The van der Waals surface area contributed by atoms with Gasteiger partial charge in [-0.3, -0.25) is 14.2 Å². The third kappa shape index (κ3) is 4.98. The van der Waals surface area contributed by atoms with Gasteiger partial charge in [0.15, 0.2) is 10.3 Å². The van der Waals surface area contributed by atoms with E-state index in [0.29, 0.717) is 15.7 Å². The number of hydrogen-bond acceptors (Lipinski definition) is 11. The van der Waals surface area contributed by atoms with Crippen LogP contribution in [0.2, 0.25) is 0 Å². The molecule has 0 aliphatic rings. The fourth-order valence-corrected chi connectivity index (χ4v) is 3.81. The van der Waals surface area contributed by atoms with Crippen molar-refractivity contribution >= 4 is 52.0 Å². The molecule has 1 amide bonds. The van der Waals surface area contributed by atoms with Gasteiger partial charge in [-0.05, 0) is 20.8 Å². The molecule has 2 aromatic heterocycles. The van der Waals surface area contributed by atoms with Gasteiger partial charge < -0.3 is 20.5 Å². The fraction of sp³-hybridized carbons (Fsp3) is 0.467. The maximum atomic E-state index is 12.6. The summed E-state index contributed by atoms with van der Waals surface area (Å²) in [6.45, 7) is 5.21. The van der Waals surface area contributed by atoms with E-state index in [2.05, 4.69) is 25.2 Å². The van der Waals surface area contributed by atoms with Crippen molar-refractivity contribution in [2.24, 2.45) is 0 Å². The zero-order valence-corrected chi connectivity index (χ0v) is 17.3. The molecule has 0 aliphatic carbocycles. The van der Waals surface area contributed by atoms with Gasteiger partial charge in [-0.1, -0.05) is 23.1 Å². The quantitative estimate of drug-likeness (QED) is 0.464. The molecule has 0 aliphatic heterocycles. The van der Waals surface area contributed by atoms with E-state index < -0.39 is 23.9 Å². The van der Waals surface area contributed by atoms with Crippen LogP contribution in [-0.2, 0) is 19.1 Å². The number of thioether (sulfide) groups is 1. The van der Waals surface area contributed by atoms with Gasteiger partial charge >= 0.3 is 11.9 Å². The van der Waals surface area contributed by atoms with Gasteiger partial charge in [0.25, 0.3) is 0 Å². The predicted octanol–water partition coefficient (Wildman–Crippen LogP) is 1.27. The molecule has 0 radical (unpaired) electrons. The maximum Gasteiger partial charge on any atom is 0.350 e. The van der Waals surface area contributed by atoms with Crippen molar-refractivity contribution in [1.29, 1.82) is 0 Å². The minimum absolute atomic E-state index is 0.00243. The van der Waals surface area contributed by atoms with Crippen molar-refractivity contribution in [3.05, 3.63) is 10.6 Å². The zero-order chi connectivity index (χ0) is 20.8. The lowest BCUT2D eigenvalue weighted by atomic mass is 10.3. The molecule has 28 heavy (non-hydrogen) atoms. The van der Waals surface area contributed by atoms with Crippen LogP contribution in [0.15, 0.2) is 5.16 Å². The highest BCUT2D eigenvalue weighted by atomic mass is 32.2. The molecule has 0 saturated heterocycles. The Morgan fingerprint density at radius 2 is 2.07 bits per heavy atom. The van der Waals surface area contributed by atoms with Gasteiger partial charge in [0.1, 0.15) is 10.9 Å². The number of carbonyl (C=O) groups is 3. The number of nitrogens with two attached hydrogens (primary N) is 1. The van der Waals surface area contributed by atoms with E-state index in [-0.39, 0.29) is 23.4 Å². The molecule has 11 nitrogen and oxygen atoms in total. The summed E-state index contributed by atoms with van der Waals surface area (Å²) in [5, 5.41) is 10.8. The van der Waals surface area contributed by atoms with Crippen LogP contribution in [-0.4, -0.2) is 57.1 Å². The Bertz CT molecular complexity index is 880. The van der Waals surface area contributed by atoms with Crippen molar-refractivity contribution in [1.82, 2.24) is 19.7 Å². The predicted molar refractivity (Wildman–Crippen MR) is 103 cm³/mol. The van der Waals surface area contributed by atoms with Crippen molar-refractivity contribution in [3.63, 3.8) is 0 Å². The Kier molecular flexibility index (Phi) is 7.34. The number of amides is 1. The van der Waals surface area contributed by atoms with Crippen molar-refractivity contribution in [3.8, 4) is 0 Å². The molecular formula is C15H20N6O5S2. The number of nitrogen functional groups attached to an aromatic ring is 1. The lowest BCUT2D eigenvalue weighted by molar-refractivity contribution is -0.137. The summed E-state index contributed by atoms with van der Waals surface area (Å²) >= 11 is 2.07. The summed E-state index contributed by atoms with van der Waals surface area (Å²) in [6, 6.07) is -0.787. The van der Waals surface area contributed by atoms with E-state index in [1.165, 1.54) is 11.7 Å². The van der Waals surface area contributed by atoms with Crippen LogP contribution in [0.5, 0.6) is 0 Å². The molecule has 2 aromatic rings. The summed E-state index contributed by atoms with van der Waals surface area (Å²) in [5.74, 6) is -1.35. The number of methoxy groups -OCH3 is 1. The number of aromatic nitrogens is 4. The average molecular weight is 428 g/mol. The molecule has 2 rings (SSSR count). The lowest BCUT2D eigenvalue weighted by Gasteiger charge is -2.15. The van der Waals surface area contributed by atoms with E-state index in [0.717, 1.165) is 23.1 Å². The Morgan fingerprint density at radius 3 is 2.71 bits per heavy atom. The van der Waals surface area contributed by atoms with E-state index in [9.17, 15) is 14.4 Å². The smallest absolute Gasteiger partial charge is 0.350 e. The molecule has 3 N–H and O–H groups in total. The van der Waals surface area contributed by atoms with Crippen LogP contribution in [0, 0.1) is 6.92 Å². The number of ether oxygens (including phenoxy) is 2. The van der Waals surface area contributed by atoms with Gasteiger partial charge in [-0.2, -0.15) is 0 Å². The van der Waals surface area contributed by atoms with Crippen molar-refractivity contribution < 1.29 is 23.9 Å². The number of aryl methyl sites for hydroxylation is 1. The SMILES string of the molecule is CCOC(=O)c1sc(NC(=O)C(C)n2c(N)nnc2SCC(=O)OC)nc1C. The van der Waals surface area contributed by atoms with Crippen molar-refractivity contribution in [2.75, 3.05) is 30.5 Å². The summed E-state index contributed by atoms with van der Waals surface area (Å²) in [6.07, 6.45) is 0. The highest BCUT2D eigenvalue weighted by Gasteiger charge is 2.25. The largest absolute Gasteiger partial charge is 0.468 e. The van der Waals surface area contributed by atoms with Gasteiger partial charge in [0, 0.05) is 0 Å². The second kappa shape index (κ2) is 9.50. The monoisotopic (exact) mass is 428 g/mol. The molecule has 1 unspecified atom stereocenters. The van der Waals surface area contributed by atoms with Crippen LogP contribution in [0.3, 0.4) is 0 Å². The van der Waals surface area contributed by atoms with Crippen LogP contribution in [0.1, 0.15) is 35.3 Å². The number of nitrogens with zero attached hydrogens (tertiary/aromatic N) is 4. The summed E-state index contributed by atoms with van der Waals surface area (Å²) in [4.78, 5) is 40.3. The van der Waals surface area contributed by atoms with Gasteiger partial charge in [-0.25, -0.2) is 9.78 Å². The second-order valence-corrected chi connectivity index (χ2v) is 7.34. The fourth-order valence-electron chi connectivity index (χ4n) is 2.10. The first-order valence-corrected chi connectivity index (χ1v) is 9.94. The number of rotatable bonds is 8. The Morgan fingerprint density at radius 1 is 1.36 bits per heavy atom. The molecule has 0 fully saturated rings. The number of anilines is 2. The number of hydrogen-bond donors (Lipinski definition) is 2. The third-order valence-electron chi connectivity index (χ3n) is 3.49. The molecule has 152 valence electrons. The van der Waals surface area contributed by atoms with Crippen LogP contribution >= 0.6 is 23.1 Å². The minimum atomic E-state index is -0.787. The average Bonchev–Trinajstić information content (AvgIpc) is 3.21. The lowest BCUT2D eigenvalue weighted by Crippen LogP contribution is -2.25. The highest BCUT2D eigenvalue weighted by Crippen LogP contribution is 2.27. The Balaban J connectivity index is 2.13. The van der Waals surface area contributed by atoms with Crippen LogP contribution < -0.4 is 11.1 Å². The first-order chi connectivity index (χ1) is 13.3. The first kappa shape index (κ1) is 21.6. The Hall–Kier alpha value is -2.67. The van der Waals surface area contributed by atoms with Crippen LogP contribution in [0.25, 0.3) is 0 Å². The van der Waals surface area contributed by atoms with Crippen molar-refractivity contribution in [2.45, 2.75) is 32.0 Å². The minimum Gasteiger partial charge on any atom is -0.468 e. The number of nitrogens with one attached hydrogen (secondary N) is 1. The van der Waals surface area contributed by atoms with Crippen LogP contribution in [0.4, 0.5) is 11.1 Å². The molecular weight excluding hydrogens is 408 g/mol. The maximum absolute atomic E-state index is 12.6. The summed E-state index contributed by atoms with van der Waals surface area (Å²) in [5.41, 5.74) is 6.28. The zero-order valence-electron chi connectivity index (χ0n) is 15.7. The molecule has 0 aromatic carbocycles. The number of carbonyl (C=O) groups excluding carboxylic acids is 3. The Labute approximate surface area is 169 Å². The second-order valence-electron chi connectivity index (χ2n) is 5.39. The molecule has 1 atom stereocenters. The van der Waals surface area contributed by atoms with E-state index >= 15 is 0 Å². The standard InChI is InChI=1S/C15H20N6O5S2/c1-5-26-12(24)10-7(2)17-14(28-10)18-11(23)8(3)21-13(16)19-20-15(21)27-6-9(22)25-4/h8H,5-6H2,1-4H3,(H2,16,19)(H,17,18,23). The number of thiazole rings is 1. The first-order valence-electron chi connectivity index (χ1n) is 8.13. The van der Waals surface area contributed by atoms with E-state index in [1.807, 2.05) is 0 Å². The van der Waals surface area contributed by atoms with E-state index in [4.69, 9.17) is 10.5 Å². The normalized spacial score (nSPS) is 11.7. The molecule has 0 saturated carbocycles. The molecule has 0 bridgehead atoms. The van der Waals surface area contributed by atoms with E-state index in [1.54, 1.807) is 20.8 Å².